The summed E-state index contributed by atoms with van der Waals surface area (Å²) in [6.45, 7) is 1.29. The minimum Gasteiger partial charge on any atom is -0.546 e. The van der Waals surface area contributed by atoms with Crippen molar-refractivity contribution in [2.24, 2.45) is 23.7 Å². The van der Waals surface area contributed by atoms with Crippen LogP contribution >= 0.6 is 0 Å². The molecule has 0 spiro atoms. The number of carboxylic acid groups (broad SMARTS) is 1. The molecule has 4 fully saturated rings. The van der Waals surface area contributed by atoms with Crippen molar-refractivity contribution in [1.82, 2.24) is 0 Å². The van der Waals surface area contributed by atoms with Crippen LogP contribution in [0.15, 0.2) is 0 Å². The molecular formula is C13H17O4-. The van der Waals surface area contributed by atoms with E-state index < -0.39 is 17.5 Å². The van der Waals surface area contributed by atoms with Crippen molar-refractivity contribution in [2.75, 3.05) is 0 Å². The highest BCUT2D eigenvalue weighted by molar-refractivity contribution is 5.81. The first-order valence-corrected chi connectivity index (χ1v) is 6.43. The van der Waals surface area contributed by atoms with Gasteiger partial charge in [0.05, 0.1) is 5.97 Å². The first-order chi connectivity index (χ1) is 8.02. The van der Waals surface area contributed by atoms with Crippen LogP contribution < -0.4 is 5.11 Å². The maximum Gasteiger partial charge on any atom is 0.303 e. The second-order valence-corrected chi connectivity index (χ2v) is 5.98. The molecule has 0 radical (unpaired) electrons. The van der Waals surface area contributed by atoms with Gasteiger partial charge < -0.3 is 14.6 Å². The molecule has 0 aliphatic heterocycles. The predicted octanol–water partition coefficient (Wildman–Crippen LogP) is 0.494. The summed E-state index contributed by atoms with van der Waals surface area (Å²) in [5.41, 5.74) is -1.32. The molecule has 4 rings (SSSR count). The van der Waals surface area contributed by atoms with E-state index >= 15 is 0 Å². The molecule has 0 amide bonds. The van der Waals surface area contributed by atoms with Crippen molar-refractivity contribution in [3.8, 4) is 0 Å². The van der Waals surface area contributed by atoms with Gasteiger partial charge in [-0.25, -0.2) is 0 Å². The van der Waals surface area contributed by atoms with Crippen molar-refractivity contribution in [2.45, 2.75) is 44.6 Å². The lowest BCUT2D eigenvalue weighted by molar-refractivity contribution is -0.342. The number of carbonyl (C=O) groups excluding carboxylic acids is 2. The molecule has 0 aromatic rings. The summed E-state index contributed by atoms with van der Waals surface area (Å²) < 4.78 is 5.28. The van der Waals surface area contributed by atoms with Crippen LogP contribution in [0.4, 0.5) is 0 Å². The second kappa shape index (κ2) is 3.47. The summed E-state index contributed by atoms with van der Waals surface area (Å²) in [6.07, 6.45) is 4.77. The Morgan fingerprint density at radius 2 is 1.53 bits per heavy atom. The molecule has 4 aliphatic rings. The van der Waals surface area contributed by atoms with E-state index in [0.717, 1.165) is 25.7 Å². The lowest BCUT2D eigenvalue weighted by atomic mass is 9.49. The number of aliphatic carboxylic acids is 1. The topological polar surface area (TPSA) is 66.4 Å². The monoisotopic (exact) mass is 237 g/mol. The molecular weight excluding hydrogens is 220 g/mol. The lowest BCUT2D eigenvalue weighted by Gasteiger charge is -2.60. The van der Waals surface area contributed by atoms with Gasteiger partial charge in [0.15, 0.2) is 5.60 Å². The van der Waals surface area contributed by atoms with Crippen LogP contribution in [0.3, 0.4) is 0 Å². The average molecular weight is 237 g/mol. The molecule has 4 heteroatoms. The van der Waals surface area contributed by atoms with Crippen LogP contribution in [0, 0.1) is 23.7 Å². The third-order valence-electron chi connectivity index (χ3n) is 4.98. The van der Waals surface area contributed by atoms with E-state index in [1.807, 2.05) is 0 Å². The number of carboxylic acids is 1. The summed E-state index contributed by atoms with van der Waals surface area (Å²) in [5, 5.41) is 11.6. The fourth-order valence-electron chi connectivity index (χ4n) is 4.66. The molecule has 17 heavy (non-hydrogen) atoms. The minimum absolute atomic E-state index is 0.0207. The molecule has 0 unspecified atom stereocenters. The van der Waals surface area contributed by atoms with Gasteiger partial charge in [-0.3, -0.25) is 4.79 Å². The zero-order valence-electron chi connectivity index (χ0n) is 9.98. The van der Waals surface area contributed by atoms with E-state index in [4.69, 9.17) is 4.74 Å². The smallest absolute Gasteiger partial charge is 0.303 e. The molecule has 0 saturated heterocycles. The summed E-state index contributed by atoms with van der Waals surface area (Å²) >= 11 is 0. The van der Waals surface area contributed by atoms with E-state index in [0.29, 0.717) is 11.8 Å². The largest absolute Gasteiger partial charge is 0.546 e. The SMILES string of the molecule is CC(=O)OC1(C(=O)[O-])C2CC3CC(C2)CC1C3. The van der Waals surface area contributed by atoms with Crippen molar-refractivity contribution in [3.63, 3.8) is 0 Å². The van der Waals surface area contributed by atoms with Crippen LogP contribution in [0.5, 0.6) is 0 Å². The fraction of sp³-hybridized carbons (Fsp3) is 0.846. The standard InChI is InChI=1S/C13H18O4/c1-7(14)17-13(12(15)16)10-3-8-2-9(5-10)6-11(13)4-8/h8-11H,2-6H2,1H3,(H,15,16)/p-1. The zero-order chi connectivity index (χ0) is 12.2. The quantitative estimate of drug-likeness (QED) is 0.656. The fourth-order valence-corrected chi connectivity index (χ4v) is 4.66. The molecule has 4 aliphatic carbocycles. The first-order valence-electron chi connectivity index (χ1n) is 6.43. The van der Waals surface area contributed by atoms with Gasteiger partial charge in [-0.15, -0.1) is 0 Å². The van der Waals surface area contributed by atoms with Crippen LogP contribution in [0.1, 0.15) is 39.0 Å². The van der Waals surface area contributed by atoms with Gasteiger partial charge in [0, 0.05) is 18.8 Å². The Balaban J connectivity index is 1.98. The van der Waals surface area contributed by atoms with Crippen LogP contribution in [-0.4, -0.2) is 17.5 Å². The highest BCUT2D eigenvalue weighted by Crippen LogP contribution is 2.59. The summed E-state index contributed by atoms with van der Waals surface area (Å²) in [7, 11) is 0. The van der Waals surface area contributed by atoms with Crippen molar-refractivity contribution < 1.29 is 19.4 Å². The molecule has 0 atom stereocenters. The van der Waals surface area contributed by atoms with Crippen LogP contribution in [0.2, 0.25) is 0 Å². The normalized spacial score (nSPS) is 46.9. The minimum atomic E-state index is -1.32. The Kier molecular flexibility index (Phi) is 2.25. The van der Waals surface area contributed by atoms with Gasteiger partial charge in [-0.1, -0.05) is 0 Å². The predicted molar refractivity (Wildman–Crippen MR) is 56.5 cm³/mol. The number of hydrogen-bond acceptors (Lipinski definition) is 4. The summed E-state index contributed by atoms with van der Waals surface area (Å²) in [5.74, 6) is -0.440. The van der Waals surface area contributed by atoms with E-state index in [1.165, 1.54) is 13.3 Å². The van der Waals surface area contributed by atoms with E-state index in [1.54, 1.807) is 0 Å². The molecule has 0 aromatic heterocycles. The van der Waals surface area contributed by atoms with Gasteiger partial charge in [-0.05, 0) is 43.9 Å². The van der Waals surface area contributed by atoms with Crippen molar-refractivity contribution in [1.29, 1.82) is 0 Å². The molecule has 0 heterocycles. The zero-order valence-corrected chi connectivity index (χ0v) is 9.98. The molecule has 0 aromatic carbocycles. The number of rotatable bonds is 2. The maximum absolute atomic E-state index is 11.6. The molecule has 0 N–H and O–H groups in total. The van der Waals surface area contributed by atoms with Crippen molar-refractivity contribution >= 4 is 11.9 Å². The third-order valence-corrected chi connectivity index (χ3v) is 4.98. The first kappa shape index (κ1) is 11.1. The molecule has 4 saturated carbocycles. The van der Waals surface area contributed by atoms with Crippen LogP contribution in [-0.2, 0) is 14.3 Å². The molecule has 4 nitrogen and oxygen atoms in total. The number of carbonyl (C=O) groups is 2. The molecule has 94 valence electrons. The lowest BCUT2D eigenvalue weighted by Crippen LogP contribution is -2.67. The Morgan fingerprint density at radius 1 is 1.06 bits per heavy atom. The summed E-state index contributed by atoms with van der Waals surface area (Å²) in [4.78, 5) is 22.8. The summed E-state index contributed by atoms with van der Waals surface area (Å²) in [6, 6.07) is 0. The van der Waals surface area contributed by atoms with E-state index in [2.05, 4.69) is 0 Å². The van der Waals surface area contributed by atoms with E-state index in [-0.39, 0.29) is 11.8 Å². The number of hydrogen-bond donors (Lipinski definition) is 0. The Bertz CT molecular complexity index is 346. The highest BCUT2D eigenvalue weighted by atomic mass is 16.6. The maximum atomic E-state index is 11.6. The number of esters is 1. The van der Waals surface area contributed by atoms with E-state index in [9.17, 15) is 14.7 Å². The Morgan fingerprint density at radius 3 is 1.88 bits per heavy atom. The van der Waals surface area contributed by atoms with Crippen LogP contribution in [0.25, 0.3) is 0 Å². The van der Waals surface area contributed by atoms with Gasteiger partial charge in [-0.2, -0.15) is 0 Å². The van der Waals surface area contributed by atoms with Gasteiger partial charge >= 0.3 is 5.97 Å². The molecule has 4 bridgehead atoms. The highest BCUT2D eigenvalue weighted by Gasteiger charge is 2.60. The number of ether oxygens (including phenoxy) is 1. The van der Waals surface area contributed by atoms with Crippen molar-refractivity contribution in [3.05, 3.63) is 0 Å². The Hall–Kier alpha value is -1.06. The van der Waals surface area contributed by atoms with Gasteiger partial charge in [0.1, 0.15) is 0 Å². The Labute approximate surface area is 100 Å². The average Bonchev–Trinajstić information content (AvgIpc) is 2.21. The second-order valence-electron chi connectivity index (χ2n) is 5.98. The van der Waals surface area contributed by atoms with Gasteiger partial charge in [0.25, 0.3) is 0 Å². The van der Waals surface area contributed by atoms with Gasteiger partial charge in [0.2, 0.25) is 0 Å². The third kappa shape index (κ3) is 1.42.